The zero-order chi connectivity index (χ0) is 20.8. The molecule has 1 heterocycles. The lowest BCUT2D eigenvalue weighted by atomic mass is 9.85. The van der Waals surface area contributed by atoms with Gasteiger partial charge in [-0.25, -0.2) is 4.79 Å². The molecule has 22 heavy (non-hydrogen) atoms. The van der Waals surface area contributed by atoms with Crippen LogP contribution in [0.5, 0.6) is 0 Å². The highest BCUT2D eigenvalue weighted by Gasteiger charge is 2.37. The van der Waals surface area contributed by atoms with E-state index in [4.69, 9.17) is 12.6 Å². The Morgan fingerprint density at radius 3 is 2.91 bits per heavy atom. The van der Waals surface area contributed by atoms with Crippen LogP contribution in [0.2, 0.25) is 0 Å². The van der Waals surface area contributed by atoms with Gasteiger partial charge in [-0.1, -0.05) is 6.92 Å². The second-order valence-electron chi connectivity index (χ2n) is 5.05. The highest BCUT2D eigenvalue weighted by atomic mass is 19.4. The van der Waals surface area contributed by atoms with Gasteiger partial charge in [-0.3, -0.25) is 4.90 Å². The van der Waals surface area contributed by atoms with Gasteiger partial charge < -0.3 is 10.5 Å². The molecule has 0 saturated carbocycles. The van der Waals surface area contributed by atoms with Gasteiger partial charge in [0.25, 0.3) is 0 Å². The van der Waals surface area contributed by atoms with E-state index in [0.29, 0.717) is 6.42 Å². The van der Waals surface area contributed by atoms with Crippen molar-refractivity contribution in [3.8, 4) is 0 Å². The summed E-state index contributed by atoms with van der Waals surface area (Å²) in [7, 11) is 0. The van der Waals surface area contributed by atoms with Crippen molar-refractivity contribution in [1.82, 2.24) is 0 Å². The van der Waals surface area contributed by atoms with Crippen LogP contribution >= 0.6 is 0 Å². The number of benzene rings is 1. The van der Waals surface area contributed by atoms with Crippen LogP contribution in [0.25, 0.3) is 0 Å². The van der Waals surface area contributed by atoms with E-state index in [1.807, 2.05) is 0 Å². The zero-order valence-electron chi connectivity index (χ0n) is 16.8. The predicted molar refractivity (Wildman–Crippen MR) is 76.5 cm³/mol. The first-order valence-corrected chi connectivity index (χ1v) is 6.66. The number of nitrogens with zero attached hydrogens (tertiary/aromatic N) is 1. The van der Waals surface area contributed by atoms with Gasteiger partial charge in [-0.15, -0.1) is 0 Å². The van der Waals surface area contributed by atoms with Crippen molar-refractivity contribution in [1.29, 1.82) is 0 Å². The van der Waals surface area contributed by atoms with Crippen LogP contribution in [0.3, 0.4) is 0 Å². The number of nitrogens with two attached hydrogens (primary N) is 1. The highest BCUT2D eigenvalue weighted by molar-refractivity contribution is 5.89. The minimum Gasteiger partial charge on any atom is -0.449 e. The first kappa shape index (κ1) is 10.9. The number of amides is 1. The van der Waals surface area contributed by atoms with Crippen molar-refractivity contribution in [2.24, 2.45) is 11.7 Å². The zero-order valence-corrected chi connectivity index (χ0v) is 11.8. The maximum atomic E-state index is 13.0. The molecule has 2 rings (SSSR count). The Labute approximate surface area is 134 Å². The minimum absolute atomic E-state index is 0.0338. The highest BCUT2D eigenvalue weighted by Crippen LogP contribution is 2.40. The fourth-order valence-electron chi connectivity index (χ4n) is 2.60. The summed E-state index contributed by atoms with van der Waals surface area (Å²) in [6.07, 6.45) is -5.47. The summed E-state index contributed by atoms with van der Waals surface area (Å²) in [6, 6.07) is 1.91. The number of alkyl halides is 3. The molecule has 0 aliphatic carbocycles. The van der Waals surface area contributed by atoms with E-state index in [-0.39, 0.29) is 17.8 Å². The number of anilines is 1. The van der Waals surface area contributed by atoms with E-state index in [1.54, 1.807) is 6.92 Å². The molecule has 1 aromatic rings. The lowest BCUT2D eigenvalue weighted by Crippen LogP contribution is -2.44. The third kappa shape index (κ3) is 3.04. The molecule has 7 heteroatoms. The number of carbonyl (C=O) groups excluding carboxylic acids is 1. The van der Waals surface area contributed by atoms with Gasteiger partial charge in [-0.05, 0) is 43.0 Å². The van der Waals surface area contributed by atoms with Crippen LogP contribution in [-0.2, 0) is 10.9 Å². The summed E-state index contributed by atoms with van der Waals surface area (Å²) in [6.45, 7) is -4.76. The maximum absolute atomic E-state index is 13.0. The van der Waals surface area contributed by atoms with E-state index in [0.717, 1.165) is 23.1 Å². The molecule has 0 fully saturated rings. The average molecular weight is 321 g/mol. The monoisotopic (exact) mass is 321 g/mol. The van der Waals surface area contributed by atoms with Crippen LogP contribution < -0.4 is 10.6 Å². The Hall–Kier alpha value is -1.76. The molecular formula is C15H19F3N2O2. The molecule has 1 aliphatic rings. The van der Waals surface area contributed by atoms with Crippen LogP contribution in [0, 0.1) is 5.92 Å². The first-order chi connectivity index (χ1) is 12.2. The molecule has 0 spiro atoms. The molecule has 2 N–H and O–H groups in total. The molecule has 0 saturated heterocycles. The normalized spacial score (nSPS) is 26.0. The van der Waals surface area contributed by atoms with Crippen LogP contribution in [0.4, 0.5) is 23.7 Å². The van der Waals surface area contributed by atoms with Gasteiger partial charge in [0.1, 0.15) is 0 Å². The molecule has 0 radical (unpaired) electrons. The van der Waals surface area contributed by atoms with E-state index < -0.39 is 43.2 Å². The van der Waals surface area contributed by atoms with E-state index in [9.17, 15) is 18.0 Å². The fraction of sp³-hybridized carbons (Fsp3) is 0.533. The Balaban J connectivity index is 2.45. The lowest BCUT2D eigenvalue weighted by molar-refractivity contribution is -0.137. The molecule has 4 nitrogen and oxygen atoms in total. The molecule has 1 amide bonds. The largest absolute Gasteiger partial charge is 0.449 e. The van der Waals surface area contributed by atoms with Crippen molar-refractivity contribution in [3.63, 3.8) is 0 Å². The van der Waals surface area contributed by atoms with Gasteiger partial charge in [0.2, 0.25) is 0 Å². The predicted octanol–water partition coefficient (Wildman–Crippen LogP) is 3.71. The van der Waals surface area contributed by atoms with Gasteiger partial charge in [0, 0.05) is 16.7 Å². The second kappa shape index (κ2) is 6.16. The van der Waals surface area contributed by atoms with Crippen molar-refractivity contribution in [2.45, 2.75) is 32.4 Å². The average Bonchev–Trinajstić information content (AvgIpc) is 2.52. The topological polar surface area (TPSA) is 55.6 Å². The van der Waals surface area contributed by atoms with Gasteiger partial charge >= 0.3 is 12.3 Å². The summed E-state index contributed by atoms with van der Waals surface area (Å²) >= 11 is 0. The number of hydrogen-bond acceptors (Lipinski definition) is 3. The van der Waals surface area contributed by atoms with Crippen molar-refractivity contribution >= 4 is 11.8 Å². The summed E-state index contributed by atoms with van der Waals surface area (Å²) < 4.78 is 79.7. The SMILES string of the molecule is [2H]C([2H])([2H])C([2H])([2H])OC(=O)N1CC(CC)C(N)c2cc(C(F)(F)F)ccc21. The molecule has 2 atom stereocenters. The van der Waals surface area contributed by atoms with E-state index >= 15 is 0 Å². The molecular weight excluding hydrogens is 297 g/mol. The standard InChI is InChI=1S/C15H19F3N2O2/c1-3-9-8-20(14(21)22-4-2)12-6-5-10(15(16,17)18)7-11(12)13(9)19/h5-7,9,13H,3-4,8,19H2,1-2H3/i2D3,4D2. The Bertz CT molecular complexity index is 724. The number of rotatable bonds is 2. The van der Waals surface area contributed by atoms with Gasteiger partial charge in [-0.2, -0.15) is 13.2 Å². The number of carbonyl (C=O) groups is 1. The Morgan fingerprint density at radius 1 is 1.59 bits per heavy atom. The Morgan fingerprint density at radius 2 is 2.32 bits per heavy atom. The fourth-order valence-corrected chi connectivity index (χ4v) is 2.60. The molecule has 122 valence electrons. The van der Waals surface area contributed by atoms with Crippen molar-refractivity contribution in [2.75, 3.05) is 18.0 Å². The molecule has 1 aliphatic heterocycles. The molecule has 2 unspecified atom stereocenters. The number of ether oxygens (including phenoxy) is 1. The maximum Gasteiger partial charge on any atom is 0.416 e. The van der Waals surface area contributed by atoms with Crippen LogP contribution in [0.1, 0.15) is 44.2 Å². The third-order valence-electron chi connectivity index (χ3n) is 3.81. The number of halogens is 3. The molecule has 0 aromatic heterocycles. The van der Waals surface area contributed by atoms with Crippen LogP contribution in [-0.4, -0.2) is 19.2 Å². The lowest BCUT2D eigenvalue weighted by Gasteiger charge is -2.38. The quantitative estimate of drug-likeness (QED) is 0.903. The minimum atomic E-state index is -4.60. The van der Waals surface area contributed by atoms with Crippen LogP contribution in [0.15, 0.2) is 18.2 Å². The first-order valence-electron chi connectivity index (χ1n) is 9.16. The number of hydrogen-bond donors (Lipinski definition) is 1. The summed E-state index contributed by atoms with van der Waals surface area (Å²) in [5, 5.41) is 0. The van der Waals surface area contributed by atoms with Gasteiger partial charge in [0.15, 0.2) is 0 Å². The summed E-state index contributed by atoms with van der Waals surface area (Å²) in [5.41, 5.74) is 5.23. The van der Waals surface area contributed by atoms with Gasteiger partial charge in [0.05, 0.1) is 20.6 Å². The summed E-state index contributed by atoms with van der Waals surface area (Å²) in [4.78, 5) is 13.4. The molecule has 0 bridgehead atoms. The van der Waals surface area contributed by atoms with Crippen molar-refractivity contribution < 1.29 is 29.6 Å². The number of fused-ring (bicyclic) bond motifs is 1. The summed E-state index contributed by atoms with van der Waals surface area (Å²) in [5.74, 6) is -0.410. The second-order valence-corrected chi connectivity index (χ2v) is 5.05. The molecule has 1 aromatic carbocycles. The smallest absolute Gasteiger partial charge is 0.416 e. The van der Waals surface area contributed by atoms with E-state index in [1.165, 1.54) is 0 Å². The Kier molecular flexibility index (Phi) is 3.05. The van der Waals surface area contributed by atoms with E-state index in [2.05, 4.69) is 4.74 Å². The third-order valence-corrected chi connectivity index (χ3v) is 3.81. The van der Waals surface area contributed by atoms with Crippen molar-refractivity contribution in [3.05, 3.63) is 29.3 Å².